The van der Waals surface area contributed by atoms with Crippen molar-refractivity contribution in [3.05, 3.63) is 62.9 Å². The zero-order chi connectivity index (χ0) is 23.5. The number of aromatic nitrogens is 5. The molecule has 0 atom stereocenters. The summed E-state index contributed by atoms with van der Waals surface area (Å²) in [5, 5.41) is 17.4. The molecule has 4 heterocycles. The van der Waals surface area contributed by atoms with E-state index in [9.17, 15) is 9.90 Å². The minimum Gasteiger partial charge on any atom is -0.383 e. The monoisotopic (exact) mass is 457 g/mol. The Morgan fingerprint density at radius 2 is 1.91 bits per heavy atom. The molecule has 4 aromatic heterocycles. The molecule has 0 spiro atoms. The third kappa shape index (κ3) is 3.53. The second-order valence-electron chi connectivity index (χ2n) is 8.88. The summed E-state index contributed by atoms with van der Waals surface area (Å²) in [6.45, 7) is 9.01. The van der Waals surface area contributed by atoms with Crippen LogP contribution >= 0.6 is 11.6 Å². The topological polar surface area (TPSA) is 88.2 Å². The second kappa shape index (κ2) is 7.56. The predicted octanol–water partition coefficient (Wildman–Crippen LogP) is 4.54. The molecule has 0 fully saturated rings. The van der Waals surface area contributed by atoms with Crippen molar-refractivity contribution in [3.63, 3.8) is 0 Å². The van der Waals surface area contributed by atoms with E-state index in [0.29, 0.717) is 33.9 Å². The molecule has 168 valence electrons. The molecule has 7 nitrogen and oxygen atoms in total. The third-order valence-corrected chi connectivity index (χ3v) is 5.85. The van der Waals surface area contributed by atoms with E-state index in [1.54, 1.807) is 50.7 Å². The van der Waals surface area contributed by atoms with Crippen LogP contribution in [0.4, 0.5) is 4.39 Å². The maximum Gasteiger partial charge on any atom is 0.263 e. The molecule has 0 aliphatic rings. The van der Waals surface area contributed by atoms with Gasteiger partial charge in [0.1, 0.15) is 22.4 Å². The van der Waals surface area contributed by atoms with Gasteiger partial charge in [0.2, 0.25) is 0 Å². The highest BCUT2D eigenvalue weighted by Crippen LogP contribution is 2.33. The van der Waals surface area contributed by atoms with Crippen LogP contribution < -0.4 is 5.56 Å². The number of fused-ring (bicyclic) bond motifs is 1. The van der Waals surface area contributed by atoms with Gasteiger partial charge in [-0.25, -0.2) is 9.37 Å². The number of aromatic amines is 1. The summed E-state index contributed by atoms with van der Waals surface area (Å²) >= 11 is 6.25. The van der Waals surface area contributed by atoms with Crippen molar-refractivity contribution in [3.8, 4) is 22.4 Å². The Bertz CT molecular complexity index is 1390. The maximum absolute atomic E-state index is 15.3. The lowest BCUT2D eigenvalue weighted by molar-refractivity contribution is 0.0659. The van der Waals surface area contributed by atoms with E-state index in [1.165, 1.54) is 10.6 Å². The van der Waals surface area contributed by atoms with Gasteiger partial charge in [0.05, 0.1) is 22.5 Å². The second-order valence-corrected chi connectivity index (χ2v) is 9.26. The van der Waals surface area contributed by atoms with Crippen LogP contribution in [0.1, 0.15) is 50.7 Å². The highest BCUT2D eigenvalue weighted by Gasteiger charge is 2.25. The number of H-pyrrole nitrogens is 1. The first-order chi connectivity index (χ1) is 14.9. The first-order valence-corrected chi connectivity index (χ1v) is 10.6. The molecule has 0 amide bonds. The molecular weight excluding hydrogens is 433 g/mol. The van der Waals surface area contributed by atoms with Crippen LogP contribution in [0, 0.1) is 12.7 Å². The molecule has 0 unspecified atom stereocenters. The normalized spacial score (nSPS) is 12.3. The van der Waals surface area contributed by atoms with Crippen molar-refractivity contribution in [2.24, 2.45) is 7.05 Å². The Kier molecular flexibility index (Phi) is 5.26. The summed E-state index contributed by atoms with van der Waals surface area (Å²) in [6, 6.07) is 3.44. The summed E-state index contributed by atoms with van der Waals surface area (Å²) in [6.07, 6.45) is 2.85. The summed E-state index contributed by atoms with van der Waals surface area (Å²) in [5.41, 5.74) is 1.96. The van der Waals surface area contributed by atoms with Gasteiger partial charge in [-0.05, 0) is 44.4 Å². The number of halogens is 2. The standard InChI is InChI=1S/C23H25ClFN5O2/c1-11(2)13-7-15(19-12(3)27-28-20(19)24)21(31)30-9-16(25)14(8-18(13)30)17-10-29(6)22(26-17)23(4,5)32/h7-11,32H,1-6H3,(H,27,28). The van der Waals surface area contributed by atoms with Gasteiger partial charge in [-0.15, -0.1) is 0 Å². The molecule has 0 aliphatic heterocycles. The maximum atomic E-state index is 15.3. The molecule has 4 rings (SSSR count). The van der Waals surface area contributed by atoms with E-state index in [2.05, 4.69) is 15.2 Å². The molecule has 0 aliphatic carbocycles. The quantitative estimate of drug-likeness (QED) is 0.471. The van der Waals surface area contributed by atoms with Gasteiger partial charge in [0.25, 0.3) is 5.56 Å². The highest BCUT2D eigenvalue weighted by atomic mass is 35.5. The van der Waals surface area contributed by atoms with Crippen LogP contribution in [0.3, 0.4) is 0 Å². The van der Waals surface area contributed by atoms with Gasteiger partial charge < -0.3 is 9.67 Å². The van der Waals surface area contributed by atoms with Crippen molar-refractivity contribution in [1.29, 1.82) is 0 Å². The van der Waals surface area contributed by atoms with Crippen molar-refractivity contribution < 1.29 is 9.50 Å². The van der Waals surface area contributed by atoms with Crippen LogP contribution in [0.5, 0.6) is 0 Å². The summed E-state index contributed by atoms with van der Waals surface area (Å²) in [7, 11) is 1.75. The van der Waals surface area contributed by atoms with E-state index in [0.717, 1.165) is 5.56 Å². The fourth-order valence-electron chi connectivity index (χ4n) is 4.06. The van der Waals surface area contributed by atoms with Crippen molar-refractivity contribution in [1.82, 2.24) is 24.1 Å². The number of hydrogen-bond acceptors (Lipinski definition) is 4. The first-order valence-electron chi connectivity index (χ1n) is 10.3. The fourth-order valence-corrected chi connectivity index (χ4v) is 4.34. The summed E-state index contributed by atoms with van der Waals surface area (Å²) in [4.78, 5) is 17.8. The van der Waals surface area contributed by atoms with Crippen molar-refractivity contribution in [2.75, 3.05) is 0 Å². The Balaban J connectivity index is 2.02. The zero-order valence-corrected chi connectivity index (χ0v) is 19.5. The molecule has 0 saturated carbocycles. The van der Waals surface area contributed by atoms with Gasteiger partial charge in [-0.2, -0.15) is 5.10 Å². The Morgan fingerprint density at radius 3 is 2.44 bits per heavy atom. The molecule has 4 aromatic rings. The lowest BCUT2D eigenvalue weighted by Gasteiger charge is -2.16. The molecule has 9 heteroatoms. The van der Waals surface area contributed by atoms with Crippen LogP contribution in [-0.2, 0) is 12.6 Å². The highest BCUT2D eigenvalue weighted by molar-refractivity contribution is 6.32. The average molecular weight is 458 g/mol. The van der Waals surface area contributed by atoms with Crippen molar-refractivity contribution in [2.45, 2.75) is 46.1 Å². The summed E-state index contributed by atoms with van der Waals surface area (Å²) in [5.74, 6) is -0.139. The van der Waals surface area contributed by atoms with Gasteiger partial charge in [0.15, 0.2) is 0 Å². The van der Waals surface area contributed by atoms with Gasteiger partial charge >= 0.3 is 0 Å². The molecule has 0 aromatic carbocycles. The number of imidazole rings is 1. The van der Waals surface area contributed by atoms with Crippen LogP contribution in [0.15, 0.2) is 29.3 Å². The minimum absolute atomic E-state index is 0.0457. The Hall–Kier alpha value is -2.97. The molecule has 0 radical (unpaired) electrons. The van der Waals surface area contributed by atoms with Crippen LogP contribution in [0.2, 0.25) is 5.15 Å². The lowest BCUT2D eigenvalue weighted by atomic mass is 9.96. The molecule has 32 heavy (non-hydrogen) atoms. The van der Waals surface area contributed by atoms with E-state index >= 15 is 4.39 Å². The molecule has 2 N–H and O–H groups in total. The number of nitrogens with zero attached hydrogens (tertiary/aromatic N) is 4. The SMILES string of the molecule is Cc1n[nH]c(Cl)c1-c1cc(C(C)C)c2cc(-c3cn(C)c(C(C)(C)O)n3)c(F)cn2c1=O. The third-order valence-electron chi connectivity index (χ3n) is 5.58. The van der Waals surface area contributed by atoms with E-state index in [-0.39, 0.29) is 22.2 Å². The average Bonchev–Trinajstić information content (AvgIpc) is 3.24. The van der Waals surface area contributed by atoms with E-state index in [4.69, 9.17) is 11.6 Å². The van der Waals surface area contributed by atoms with Crippen LogP contribution in [-0.4, -0.2) is 29.3 Å². The minimum atomic E-state index is -1.18. The summed E-state index contributed by atoms with van der Waals surface area (Å²) < 4.78 is 18.3. The fraction of sp³-hybridized carbons (Fsp3) is 0.348. The molecule has 0 saturated heterocycles. The number of aryl methyl sites for hydroxylation is 2. The largest absolute Gasteiger partial charge is 0.383 e. The number of aliphatic hydroxyl groups is 1. The van der Waals surface area contributed by atoms with Crippen LogP contribution in [0.25, 0.3) is 27.9 Å². The van der Waals surface area contributed by atoms with E-state index < -0.39 is 11.4 Å². The van der Waals surface area contributed by atoms with Gasteiger partial charge in [0, 0.05) is 30.6 Å². The molecular formula is C23H25ClFN5O2. The number of nitrogens with one attached hydrogen (secondary N) is 1. The lowest BCUT2D eigenvalue weighted by Crippen LogP contribution is -2.20. The smallest absolute Gasteiger partial charge is 0.263 e. The van der Waals surface area contributed by atoms with Gasteiger partial charge in [-0.3, -0.25) is 14.3 Å². The van der Waals surface area contributed by atoms with E-state index in [1.807, 2.05) is 13.8 Å². The number of hydrogen-bond donors (Lipinski definition) is 2. The first kappa shape index (κ1) is 22.2. The number of pyridine rings is 2. The van der Waals surface area contributed by atoms with Crippen molar-refractivity contribution >= 4 is 17.1 Å². The molecule has 0 bridgehead atoms. The number of rotatable bonds is 4. The van der Waals surface area contributed by atoms with Gasteiger partial charge in [-0.1, -0.05) is 25.4 Å². The zero-order valence-electron chi connectivity index (χ0n) is 18.8. The Morgan fingerprint density at radius 1 is 1.22 bits per heavy atom. The Labute approximate surface area is 189 Å². The predicted molar refractivity (Wildman–Crippen MR) is 122 cm³/mol.